The van der Waals surface area contributed by atoms with E-state index in [1.165, 1.54) is 0 Å². The zero-order valence-electron chi connectivity index (χ0n) is 14.0. The summed E-state index contributed by atoms with van der Waals surface area (Å²) in [6.07, 6.45) is -3.47. The highest BCUT2D eigenvalue weighted by Gasteiger charge is 2.39. The van der Waals surface area contributed by atoms with Gasteiger partial charge in [-0.3, -0.25) is 0 Å². The van der Waals surface area contributed by atoms with Gasteiger partial charge >= 0.3 is 0 Å². The average molecular weight is 324 g/mol. The third-order valence-corrected chi connectivity index (χ3v) is 3.28. The minimum absolute atomic E-state index is 0.0736. The van der Waals surface area contributed by atoms with Gasteiger partial charge < -0.3 is 34.6 Å². The Morgan fingerprint density at radius 1 is 0.955 bits per heavy atom. The molecular weight excluding hydrogens is 292 g/mol. The Balaban J connectivity index is 0.00000102. The molecule has 6 atom stereocenters. The summed E-state index contributed by atoms with van der Waals surface area (Å²) in [5.41, 5.74) is 0. The zero-order valence-corrected chi connectivity index (χ0v) is 14.0. The van der Waals surface area contributed by atoms with E-state index in [1.807, 2.05) is 27.7 Å². The van der Waals surface area contributed by atoms with Gasteiger partial charge in [-0.25, -0.2) is 0 Å². The summed E-state index contributed by atoms with van der Waals surface area (Å²) >= 11 is 0. The topological polar surface area (TPSA) is 109 Å². The summed E-state index contributed by atoms with van der Waals surface area (Å²) in [6.45, 7) is 8.01. The molecule has 0 aliphatic carbocycles. The lowest BCUT2D eigenvalue weighted by atomic mass is 10.0. The second-order valence-corrected chi connectivity index (χ2v) is 4.73. The fourth-order valence-corrected chi connectivity index (χ4v) is 2.23. The van der Waals surface area contributed by atoms with Crippen LogP contribution in [-0.2, 0) is 14.2 Å². The first kappa shape index (κ1) is 21.7. The fraction of sp³-hybridized carbons (Fsp3) is 1.00. The molecule has 2 heterocycles. The molecule has 134 valence electrons. The van der Waals surface area contributed by atoms with E-state index < -0.39 is 24.6 Å². The minimum atomic E-state index is -1.14. The zero-order chi connectivity index (χ0) is 17.1. The van der Waals surface area contributed by atoms with Crippen LogP contribution >= 0.6 is 0 Å². The molecule has 0 radical (unpaired) electrons. The van der Waals surface area contributed by atoms with Crippen LogP contribution in [0.25, 0.3) is 0 Å². The van der Waals surface area contributed by atoms with Crippen molar-refractivity contribution in [2.75, 3.05) is 19.8 Å². The Hall–Kier alpha value is -0.280. The predicted molar refractivity (Wildman–Crippen MR) is 81.4 cm³/mol. The van der Waals surface area contributed by atoms with Gasteiger partial charge in [0.15, 0.2) is 6.29 Å². The first-order valence-corrected chi connectivity index (χ1v) is 8.14. The largest absolute Gasteiger partial charge is 0.394 e. The van der Waals surface area contributed by atoms with Crippen molar-refractivity contribution in [1.82, 2.24) is 0 Å². The quantitative estimate of drug-likeness (QED) is 0.578. The summed E-state index contributed by atoms with van der Waals surface area (Å²) in [7, 11) is 0. The molecule has 4 unspecified atom stereocenters. The summed E-state index contributed by atoms with van der Waals surface area (Å²) in [6, 6.07) is 0. The van der Waals surface area contributed by atoms with Crippen molar-refractivity contribution in [3.8, 4) is 0 Å². The lowest BCUT2D eigenvalue weighted by Gasteiger charge is -2.37. The second kappa shape index (κ2) is 12.2. The van der Waals surface area contributed by atoms with E-state index in [4.69, 9.17) is 24.4 Å². The van der Waals surface area contributed by atoms with Gasteiger partial charge in [0.05, 0.1) is 44.2 Å². The fourth-order valence-electron chi connectivity index (χ4n) is 2.23. The van der Waals surface area contributed by atoms with Gasteiger partial charge in [0.2, 0.25) is 0 Å². The number of aliphatic hydroxyl groups excluding tert-OH is 4. The number of ether oxygens (including phenoxy) is 3. The minimum Gasteiger partial charge on any atom is -0.394 e. The molecule has 2 saturated heterocycles. The lowest BCUT2D eigenvalue weighted by molar-refractivity contribution is -0.283. The van der Waals surface area contributed by atoms with Crippen LogP contribution in [-0.4, -0.2) is 77.1 Å². The normalized spacial score (nSPS) is 37.6. The summed E-state index contributed by atoms with van der Waals surface area (Å²) in [5, 5.41) is 37.3. The van der Waals surface area contributed by atoms with Crippen LogP contribution in [0.1, 0.15) is 40.5 Å². The van der Waals surface area contributed by atoms with Gasteiger partial charge in [0, 0.05) is 12.8 Å². The molecule has 2 aliphatic rings. The molecule has 0 aromatic heterocycles. The maximum Gasteiger partial charge on any atom is 0.186 e. The molecule has 0 aromatic carbocycles. The highest BCUT2D eigenvalue weighted by atomic mass is 16.7. The molecular formula is C15H32O7. The van der Waals surface area contributed by atoms with Crippen LogP contribution in [0.5, 0.6) is 0 Å². The van der Waals surface area contributed by atoms with Crippen LogP contribution < -0.4 is 0 Å². The number of rotatable bonds is 4. The number of aliphatic hydroxyl groups is 4. The van der Waals surface area contributed by atoms with Gasteiger partial charge in [0.1, 0.15) is 6.10 Å². The third kappa shape index (κ3) is 6.45. The molecule has 7 nitrogen and oxygen atoms in total. The Labute approximate surface area is 132 Å². The van der Waals surface area contributed by atoms with Crippen molar-refractivity contribution < 1.29 is 34.6 Å². The van der Waals surface area contributed by atoms with Crippen molar-refractivity contribution in [2.45, 2.75) is 77.3 Å². The van der Waals surface area contributed by atoms with Crippen LogP contribution in [0.2, 0.25) is 0 Å². The SMILES string of the molecule is CC.CC.OCC1CC(OC2O[C@@H](CO)CC(O)[C@H]2O)CO1. The molecule has 0 saturated carbocycles. The van der Waals surface area contributed by atoms with Crippen LogP contribution in [0, 0.1) is 0 Å². The first-order chi connectivity index (χ1) is 10.6. The molecule has 0 spiro atoms. The third-order valence-electron chi connectivity index (χ3n) is 3.28. The van der Waals surface area contributed by atoms with Crippen LogP contribution in [0.3, 0.4) is 0 Å². The summed E-state index contributed by atoms with van der Waals surface area (Å²) < 4.78 is 16.1. The van der Waals surface area contributed by atoms with Crippen LogP contribution in [0.15, 0.2) is 0 Å². The second-order valence-electron chi connectivity index (χ2n) is 4.73. The molecule has 2 fully saturated rings. The van der Waals surface area contributed by atoms with Crippen molar-refractivity contribution in [3.05, 3.63) is 0 Å². The lowest BCUT2D eigenvalue weighted by Crippen LogP contribution is -2.51. The highest BCUT2D eigenvalue weighted by molar-refractivity contribution is 4.83. The van der Waals surface area contributed by atoms with E-state index in [0.29, 0.717) is 13.0 Å². The Morgan fingerprint density at radius 3 is 2.05 bits per heavy atom. The molecule has 7 heteroatoms. The molecule has 0 aromatic rings. The van der Waals surface area contributed by atoms with E-state index in [0.717, 1.165) is 0 Å². The van der Waals surface area contributed by atoms with E-state index in [1.54, 1.807) is 0 Å². The van der Waals surface area contributed by atoms with Gasteiger partial charge in [-0.2, -0.15) is 0 Å². The highest BCUT2D eigenvalue weighted by Crippen LogP contribution is 2.25. The molecule has 2 rings (SSSR count). The maximum absolute atomic E-state index is 9.76. The van der Waals surface area contributed by atoms with Crippen LogP contribution in [0.4, 0.5) is 0 Å². The number of hydrogen-bond donors (Lipinski definition) is 4. The Kier molecular flexibility index (Phi) is 12.0. The number of hydrogen-bond acceptors (Lipinski definition) is 7. The van der Waals surface area contributed by atoms with Gasteiger partial charge in [-0.05, 0) is 0 Å². The molecule has 0 bridgehead atoms. The van der Waals surface area contributed by atoms with E-state index in [-0.39, 0.29) is 31.8 Å². The smallest absolute Gasteiger partial charge is 0.186 e. The molecule has 22 heavy (non-hydrogen) atoms. The van der Waals surface area contributed by atoms with Crippen molar-refractivity contribution in [3.63, 3.8) is 0 Å². The Bertz CT molecular complexity index is 264. The standard InChI is InChI=1S/C11H20O7.2C2H6/c12-3-6-1-8(5-16-6)18-11-10(15)9(14)2-7(4-13)17-11;2*1-2/h6-15H,1-5H2;2*1-2H3/t6?,7-,8?,9?,10-,11?;;/m1../s1. The van der Waals surface area contributed by atoms with Crippen molar-refractivity contribution in [1.29, 1.82) is 0 Å². The van der Waals surface area contributed by atoms with E-state index >= 15 is 0 Å². The molecule has 4 N–H and O–H groups in total. The first-order valence-electron chi connectivity index (χ1n) is 8.14. The van der Waals surface area contributed by atoms with Gasteiger partial charge in [0.25, 0.3) is 0 Å². The van der Waals surface area contributed by atoms with Crippen molar-refractivity contribution >= 4 is 0 Å². The molecule has 0 amide bonds. The van der Waals surface area contributed by atoms with E-state index in [9.17, 15) is 10.2 Å². The van der Waals surface area contributed by atoms with Gasteiger partial charge in [-0.1, -0.05) is 27.7 Å². The molecule has 2 aliphatic heterocycles. The van der Waals surface area contributed by atoms with Crippen molar-refractivity contribution in [2.24, 2.45) is 0 Å². The maximum atomic E-state index is 9.76. The predicted octanol–water partition coefficient (Wildman–Crippen LogP) is 0.0343. The van der Waals surface area contributed by atoms with E-state index in [2.05, 4.69) is 0 Å². The monoisotopic (exact) mass is 324 g/mol. The van der Waals surface area contributed by atoms with Gasteiger partial charge in [-0.15, -0.1) is 0 Å². The summed E-state index contributed by atoms with van der Waals surface area (Å²) in [5.74, 6) is 0. The Morgan fingerprint density at radius 2 is 1.55 bits per heavy atom. The summed E-state index contributed by atoms with van der Waals surface area (Å²) in [4.78, 5) is 0. The average Bonchev–Trinajstić information content (AvgIpc) is 3.03.